The van der Waals surface area contributed by atoms with Crippen LogP contribution in [0.15, 0.2) is 42.5 Å². The van der Waals surface area contributed by atoms with Gasteiger partial charge in [0.25, 0.3) is 0 Å². The third kappa shape index (κ3) is 4.03. The molecule has 28 heavy (non-hydrogen) atoms. The van der Waals surface area contributed by atoms with Crippen molar-refractivity contribution < 1.29 is 14.0 Å². The first-order valence-corrected chi connectivity index (χ1v) is 10.5. The number of hydrogen-bond donors (Lipinski definition) is 1. The topological polar surface area (TPSA) is 49.4 Å². The van der Waals surface area contributed by atoms with Gasteiger partial charge in [0.1, 0.15) is 11.2 Å². The van der Waals surface area contributed by atoms with E-state index < -0.39 is 5.41 Å². The number of carbonyl (C=O) groups is 2. The van der Waals surface area contributed by atoms with Gasteiger partial charge in [0.15, 0.2) is 0 Å². The third-order valence-electron chi connectivity index (χ3n) is 4.74. The molecule has 1 heterocycles. The van der Waals surface area contributed by atoms with E-state index in [1.54, 1.807) is 43.9 Å². The van der Waals surface area contributed by atoms with E-state index in [9.17, 15) is 14.0 Å². The quantitative estimate of drug-likeness (QED) is 0.683. The molecule has 2 amide bonds. The molecule has 1 atom stereocenters. The second-order valence-electron chi connectivity index (χ2n) is 7.41. The van der Waals surface area contributed by atoms with Gasteiger partial charge in [-0.3, -0.25) is 14.5 Å². The van der Waals surface area contributed by atoms with Crippen LogP contribution < -0.4 is 10.2 Å². The van der Waals surface area contributed by atoms with Crippen molar-refractivity contribution in [1.82, 2.24) is 0 Å². The van der Waals surface area contributed by atoms with Crippen molar-refractivity contribution >= 4 is 46.6 Å². The highest BCUT2D eigenvalue weighted by atomic mass is 35.5. The molecule has 0 aliphatic carbocycles. The Kier molecular flexibility index (Phi) is 6.01. The van der Waals surface area contributed by atoms with Gasteiger partial charge >= 0.3 is 0 Å². The minimum absolute atomic E-state index is 0.0681. The summed E-state index contributed by atoms with van der Waals surface area (Å²) in [7, 11) is 0. The molecule has 0 unspecified atom stereocenters. The molecule has 1 aliphatic heterocycles. The van der Waals surface area contributed by atoms with Gasteiger partial charge in [-0.15, -0.1) is 23.4 Å². The number of nitrogens with one attached hydrogen (secondary N) is 1. The summed E-state index contributed by atoms with van der Waals surface area (Å²) in [4.78, 5) is 26.6. The standard InChI is InChI=1S/C21H22ClFN2O2S/c1-13-16(23)8-5-9-17(13)25-18(26)11-28-19(25)14-6-4-7-15(10-14)24-20(27)21(2,3)12-22/h4-10,19H,11-12H2,1-3H3,(H,24,27)/t19-/m0/s1. The Labute approximate surface area is 173 Å². The summed E-state index contributed by atoms with van der Waals surface area (Å²) in [5, 5.41) is 2.60. The zero-order chi connectivity index (χ0) is 20.5. The lowest BCUT2D eigenvalue weighted by atomic mass is 9.95. The number of anilines is 2. The highest BCUT2D eigenvalue weighted by Crippen LogP contribution is 2.43. The summed E-state index contributed by atoms with van der Waals surface area (Å²) in [6, 6.07) is 12.1. The fourth-order valence-corrected chi connectivity index (χ4v) is 4.20. The van der Waals surface area contributed by atoms with Gasteiger partial charge in [0, 0.05) is 17.1 Å². The number of alkyl halides is 1. The summed E-state index contributed by atoms with van der Waals surface area (Å²) in [5.74, 6) is -0.0615. The van der Waals surface area contributed by atoms with Gasteiger partial charge < -0.3 is 5.32 Å². The molecule has 2 aromatic rings. The van der Waals surface area contributed by atoms with E-state index >= 15 is 0 Å². The van der Waals surface area contributed by atoms with Gasteiger partial charge in [0.05, 0.1) is 16.9 Å². The van der Waals surface area contributed by atoms with Crippen LogP contribution in [0.25, 0.3) is 0 Å². The maximum Gasteiger partial charge on any atom is 0.238 e. The molecule has 1 aliphatic rings. The molecule has 0 radical (unpaired) electrons. The molecule has 0 aromatic heterocycles. The summed E-state index contributed by atoms with van der Waals surface area (Å²) in [6.45, 7) is 5.22. The molecule has 1 fully saturated rings. The Balaban J connectivity index is 1.91. The van der Waals surface area contributed by atoms with E-state index in [2.05, 4.69) is 5.32 Å². The summed E-state index contributed by atoms with van der Waals surface area (Å²) in [5.41, 5.74) is 1.81. The van der Waals surface area contributed by atoms with Crippen LogP contribution >= 0.6 is 23.4 Å². The SMILES string of the molecule is Cc1c(F)cccc1N1C(=O)CS[C@H]1c1cccc(NC(=O)C(C)(C)CCl)c1. The lowest BCUT2D eigenvalue weighted by molar-refractivity contribution is -0.123. The van der Waals surface area contributed by atoms with Crippen LogP contribution in [0.4, 0.5) is 15.8 Å². The van der Waals surface area contributed by atoms with Gasteiger partial charge in [-0.25, -0.2) is 4.39 Å². The summed E-state index contributed by atoms with van der Waals surface area (Å²) in [6.07, 6.45) is 0. The first-order chi connectivity index (χ1) is 13.2. The molecule has 0 saturated carbocycles. The van der Waals surface area contributed by atoms with E-state index in [4.69, 9.17) is 11.6 Å². The molecular formula is C21H22ClFN2O2S. The second-order valence-corrected chi connectivity index (χ2v) is 8.74. The van der Waals surface area contributed by atoms with Crippen molar-refractivity contribution in [3.8, 4) is 0 Å². The average Bonchev–Trinajstić information content (AvgIpc) is 3.05. The van der Waals surface area contributed by atoms with Crippen LogP contribution in [-0.2, 0) is 9.59 Å². The minimum atomic E-state index is -0.694. The number of hydrogen-bond acceptors (Lipinski definition) is 3. The van der Waals surface area contributed by atoms with Crippen molar-refractivity contribution in [2.24, 2.45) is 5.41 Å². The zero-order valence-corrected chi connectivity index (χ0v) is 17.5. The molecular weight excluding hydrogens is 399 g/mol. The third-order valence-corrected chi connectivity index (χ3v) is 6.63. The number of halogens is 2. The Bertz CT molecular complexity index is 919. The second kappa shape index (κ2) is 8.13. The van der Waals surface area contributed by atoms with Crippen LogP contribution in [0.3, 0.4) is 0 Å². The Morgan fingerprint density at radius 2 is 2.04 bits per heavy atom. The number of amides is 2. The molecule has 1 saturated heterocycles. The van der Waals surface area contributed by atoms with Crippen molar-refractivity contribution in [3.05, 3.63) is 59.4 Å². The Morgan fingerprint density at radius 3 is 2.75 bits per heavy atom. The van der Waals surface area contributed by atoms with Crippen LogP contribution in [0, 0.1) is 18.2 Å². The van der Waals surface area contributed by atoms with E-state index in [1.807, 2.05) is 18.2 Å². The summed E-state index contributed by atoms with van der Waals surface area (Å²) < 4.78 is 14.0. The van der Waals surface area contributed by atoms with Gasteiger partial charge in [-0.1, -0.05) is 18.2 Å². The largest absolute Gasteiger partial charge is 0.326 e. The predicted octanol–water partition coefficient (Wildman–Crippen LogP) is 5.12. The zero-order valence-electron chi connectivity index (χ0n) is 16.0. The lowest BCUT2D eigenvalue weighted by Gasteiger charge is -2.26. The fraction of sp³-hybridized carbons (Fsp3) is 0.333. The van der Waals surface area contributed by atoms with Crippen molar-refractivity contribution in [1.29, 1.82) is 0 Å². The van der Waals surface area contributed by atoms with Crippen molar-refractivity contribution in [2.45, 2.75) is 26.1 Å². The molecule has 0 spiro atoms. The van der Waals surface area contributed by atoms with Crippen LogP contribution in [0.2, 0.25) is 0 Å². The number of carbonyl (C=O) groups excluding carboxylic acids is 2. The Morgan fingerprint density at radius 1 is 1.32 bits per heavy atom. The highest BCUT2D eigenvalue weighted by molar-refractivity contribution is 8.00. The van der Waals surface area contributed by atoms with E-state index in [-0.39, 0.29) is 28.9 Å². The van der Waals surface area contributed by atoms with Crippen molar-refractivity contribution in [3.63, 3.8) is 0 Å². The number of thioether (sulfide) groups is 1. The van der Waals surface area contributed by atoms with Gasteiger partial charge in [-0.05, 0) is 50.6 Å². The number of rotatable bonds is 5. The normalized spacial score (nSPS) is 17.1. The van der Waals surface area contributed by atoms with Crippen LogP contribution in [0.1, 0.15) is 30.3 Å². The predicted molar refractivity (Wildman–Crippen MR) is 113 cm³/mol. The maximum atomic E-state index is 14.0. The average molecular weight is 421 g/mol. The van der Waals surface area contributed by atoms with E-state index in [0.29, 0.717) is 22.7 Å². The Hall–Kier alpha value is -2.05. The van der Waals surface area contributed by atoms with Gasteiger partial charge in [0.2, 0.25) is 11.8 Å². The van der Waals surface area contributed by atoms with Crippen molar-refractivity contribution in [2.75, 3.05) is 21.8 Å². The molecule has 4 nitrogen and oxygen atoms in total. The van der Waals surface area contributed by atoms with Gasteiger partial charge in [-0.2, -0.15) is 0 Å². The molecule has 2 aromatic carbocycles. The first kappa shape index (κ1) is 20.7. The fourth-order valence-electron chi connectivity index (χ4n) is 2.92. The molecule has 7 heteroatoms. The lowest BCUT2D eigenvalue weighted by Crippen LogP contribution is -2.32. The van der Waals surface area contributed by atoms with E-state index in [1.165, 1.54) is 17.8 Å². The molecule has 0 bridgehead atoms. The van der Waals surface area contributed by atoms with Crippen LogP contribution in [0.5, 0.6) is 0 Å². The summed E-state index contributed by atoms with van der Waals surface area (Å²) >= 11 is 7.36. The maximum absolute atomic E-state index is 14.0. The molecule has 148 valence electrons. The number of benzene rings is 2. The smallest absolute Gasteiger partial charge is 0.238 e. The molecule has 1 N–H and O–H groups in total. The number of nitrogens with zero attached hydrogens (tertiary/aromatic N) is 1. The first-order valence-electron chi connectivity index (χ1n) is 8.91. The molecule has 3 rings (SSSR count). The monoisotopic (exact) mass is 420 g/mol. The van der Waals surface area contributed by atoms with E-state index in [0.717, 1.165) is 5.56 Å². The highest BCUT2D eigenvalue weighted by Gasteiger charge is 2.35. The van der Waals surface area contributed by atoms with Crippen LogP contribution in [-0.4, -0.2) is 23.4 Å². The minimum Gasteiger partial charge on any atom is -0.326 e.